The van der Waals surface area contributed by atoms with Crippen LogP contribution in [-0.2, 0) is 16.1 Å². The van der Waals surface area contributed by atoms with E-state index in [4.69, 9.17) is 0 Å². The average molecular weight is 378 g/mol. The Morgan fingerprint density at radius 1 is 1.11 bits per heavy atom. The highest BCUT2D eigenvalue weighted by Crippen LogP contribution is 2.16. The third-order valence-electron chi connectivity index (χ3n) is 4.72. The van der Waals surface area contributed by atoms with Crippen LogP contribution < -0.4 is 15.8 Å². The van der Waals surface area contributed by atoms with E-state index in [9.17, 15) is 14.4 Å². The summed E-state index contributed by atoms with van der Waals surface area (Å²) in [6, 6.07) is 12.7. The highest BCUT2D eigenvalue weighted by molar-refractivity contribution is 5.93. The molecule has 3 rings (SSSR count). The molecule has 0 spiro atoms. The predicted molar refractivity (Wildman–Crippen MR) is 110 cm³/mol. The molecule has 1 heterocycles. The Labute approximate surface area is 162 Å². The standard InChI is InChI=1S/C21H22N4O3/c1-13-9-10-16(11-14(13)2)22-19(27)12-25-18-8-6-5-7-17(18)23-20(21(25)28)24(4)15(3)26/h5-11H,12H2,1-4H3,(H,22,27). The van der Waals surface area contributed by atoms with Gasteiger partial charge in [-0.25, -0.2) is 4.98 Å². The Morgan fingerprint density at radius 2 is 1.82 bits per heavy atom. The number of carbonyl (C=O) groups excluding carboxylic acids is 2. The van der Waals surface area contributed by atoms with Crippen molar-refractivity contribution in [3.8, 4) is 0 Å². The molecule has 0 saturated heterocycles. The number of benzene rings is 2. The Bertz CT molecular complexity index is 1130. The second kappa shape index (κ2) is 7.64. The van der Waals surface area contributed by atoms with E-state index in [1.807, 2.05) is 32.0 Å². The maximum absolute atomic E-state index is 12.9. The first-order valence-corrected chi connectivity index (χ1v) is 8.89. The minimum atomic E-state index is -0.494. The lowest BCUT2D eigenvalue weighted by Crippen LogP contribution is -2.36. The topological polar surface area (TPSA) is 84.3 Å². The Morgan fingerprint density at radius 3 is 2.50 bits per heavy atom. The number of fused-ring (bicyclic) bond motifs is 1. The van der Waals surface area contributed by atoms with Gasteiger partial charge in [-0.15, -0.1) is 0 Å². The number of nitrogens with zero attached hydrogens (tertiary/aromatic N) is 3. The lowest BCUT2D eigenvalue weighted by atomic mass is 10.1. The van der Waals surface area contributed by atoms with Crippen molar-refractivity contribution in [1.29, 1.82) is 0 Å². The fourth-order valence-electron chi connectivity index (χ4n) is 2.87. The number of para-hydroxylation sites is 2. The van der Waals surface area contributed by atoms with Crippen molar-refractivity contribution in [2.75, 3.05) is 17.3 Å². The zero-order chi connectivity index (χ0) is 20.4. The quantitative estimate of drug-likeness (QED) is 0.756. The monoisotopic (exact) mass is 378 g/mol. The lowest BCUT2D eigenvalue weighted by Gasteiger charge is -2.17. The molecule has 0 atom stereocenters. The number of aryl methyl sites for hydroxylation is 2. The van der Waals surface area contributed by atoms with E-state index < -0.39 is 5.56 Å². The molecule has 0 aliphatic carbocycles. The number of hydrogen-bond donors (Lipinski definition) is 1. The summed E-state index contributed by atoms with van der Waals surface area (Å²) in [6.07, 6.45) is 0. The highest BCUT2D eigenvalue weighted by Gasteiger charge is 2.18. The molecule has 1 N–H and O–H groups in total. The summed E-state index contributed by atoms with van der Waals surface area (Å²) in [7, 11) is 1.49. The van der Waals surface area contributed by atoms with E-state index >= 15 is 0 Å². The minimum absolute atomic E-state index is 0.00909. The molecule has 0 bridgehead atoms. The van der Waals surface area contributed by atoms with Gasteiger partial charge in [-0.2, -0.15) is 0 Å². The van der Waals surface area contributed by atoms with Crippen molar-refractivity contribution in [2.24, 2.45) is 0 Å². The number of rotatable bonds is 4. The van der Waals surface area contributed by atoms with E-state index in [1.165, 1.54) is 23.4 Å². The van der Waals surface area contributed by atoms with Gasteiger partial charge in [-0.05, 0) is 49.2 Å². The van der Waals surface area contributed by atoms with Gasteiger partial charge >= 0.3 is 0 Å². The Kier molecular flexibility index (Phi) is 5.26. The van der Waals surface area contributed by atoms with E-state index in [-0.39, 0.29) is 24.2 Å². The van der Waals surface area contributed by atoms with E-state index in [2.05, 4.69) is 10.3 Å². The Hall–Kier alpha value is -3.48. The summed E-state index contributed by atoms with van der Waals surface area (Å²) in [5, 5.41) is 2.82. The van der Waals surface area contributed by atoms with E-state index in [1.54, 1.807) is 24.3 Å². The van der Waals surface area contributed by atoms with Crippen LogP contribution in [0.2, 0.25) is 0 Å². The fourth-order valence-corrected chi connectivity index (χ4v) is 2.87. The molecule has 0 unspecified atom stereocenters. The van der Waals surface area contributed by atoms with Gasteiger partial charge in [0.15, 0.2) is 0 Å². The number of nitrogens with one attached hydrogen (secondary N) is 1. The molecule has 2 aromatic carbocycles. The van der Waals surface area contributed by atoms with Crippen LogP contribution in [0.1, 0.15) is 18.1 Å². The molecule has 0 aliphatic rings. The number of aromatic nitrogens is 2. The van der Waals surface area contributed by atoms with Crippen LogP contribution in [0.4, 0.5) is 11.5 Å². The SMILES string of the molecule is CC(=O)N(C)c1nc2ccccc2n(CC(=O)Nc2ccc(C)c(C)c2)c1=O. The number of anilines is 2. The highest BCUT2D eigenvalue weighted by atomic mass is 16.2. The first kappa shape index (κ1) is 19.3. The van der Waals surface area contributed by atoms with Gasteiger partial charge in [-0.1, -0.05) is 18.2 Å². The van der Waals surface area contributed by atoms with Crippen molar-refractivity contribution in [1.82, 2.24) is 9.55 Å². The molecule has 0 fully saturated rings. The minimum Gasteiger partial charge on any atom is -0.325 e. The van der Waals surface area contributed by atoms with Crippen molar-refractivity contribution >= 4 is 34.4 Å². The third kappa shape index (κ3) is 3.78. The largest absolute Gasteiger partial charge is 0.325 e. The summed E-state index contributed by atoms with van der Waals surface area (Å²) in [6.45, 7) is 5.13. The van der Waals surface area contributed by atoms with Crippen LogP contribution in [0.15, 0.2) is 47.3 Å². The van der Waals surface area contributed by atoms with Gasteiger partial charge in [-0.3, -0.25) is 23.9 Å². The van der Waals surface area contributed by atoms with Gasteiger partial charge in [0.2, 0.25) is 17.6 Å². The molecule has 0 saturated carbocycles. The molecule has 7 heteroatoms. The van der Waals surface area contributed by atoms with Crippen molar-refractivity contribution < 1.29 is 9.59 Å². The Balaban J connectivity index is 2.00. The van der Waals surface area contributed by atoms with Crippen molar-refractivity contribution in [3.63, 3.8) is 0 Å². The maximum atomic E-state index is 12.9. The zero-order valence-corrected chi connectivity index (χ0v) is 16.3. The third-order valence-corrected chi connectivity index (χ3v) is 4.72. The summed E-state index contributed by atoms with van der Waals surface area (Å²) >= 11 is 0. The zero-order valence-electron chi connectivity index (χ0n) is 16.3. The van der Waals surface area contributed by atoms with Crippen LogP contribution in [0.5, 0.6) is 0 Å². The number of amides is 2. The predicted octanol–water partition coefficient (Wildman–Crippen LogP) is 2.63. The average Bonchev–Trinajstić information content (AvgIpc) is 2.66. The maximum Gasteiger partial charge on any atom is 0.294 e. The molecule has 28 heavy (non-hydrogen) atoms. The number of carbonyl (C=O) groups is 2. The van der Waals surface area contributed by atoms with Gasteiger partial charge in [0.05, 0.1) is 11.0 Å². The molecule has 3 aromatic rings. The van der Waals surface area contributed by atoms with E-state index in [0.717, 1.165) is 11.1 Å². The van der Waals surface area contributed by atoms with Gasteiger partial charge < -0.3 is 5.32 Å². The van der Waals surface area contributed by atoms with Crippen LogP contribution in [0.3, 0.4) is 0 Å². The molecular weight excluding hydrogens is 356 g/mol. The van der Waals surface area contributed by atoms with Crippen LogP contribution in [-0.4, -0.2) is 28.4 Å². The van der Waals surface area contributed by atoms with Crippen LogP contribution >= 0.6 is 0 Å². The van der Waals surface area contributed by atoms with Crippen LogP contribution in [0.25, 0.3) is 11.0 Å². The smallest absolute Gasteiger partial charge is 0.294 e. The molecule has 0 radical (unpaired) electrons. The van der Waals surface area contributed by atoms with E-state index in [0.29, 0.717) is 16.7 Å². The molecule has 0 aliphatic heterocycles. The fraction of sp³-hybridized carbons (Fsp3) is 0.238. The second-order valence-corrected chi connectivity index (χ2v) is 6.74. The summed E-state index contributed by atoms with van der Waals surface area (Å²) < 4.78 is 1.34. The molecule has 144 valence electrons. The summed E-state index contributed by atoms with van der Waals surface area (Å²) in [5.74, 6) is -0.658. The lowest BCUT2D eigenvalue weighted by molar-refractivity contribution is -0.117. The molecular formula is C21H22N4O3. The normalized spacial score (nSPS) is 10.7. The molecule has 2 amide bonds. The van der Waals surface area contributed by atoms with Crippen LogP contribution in [0, 0.1) is 13.8 Å². The van der Waals surface area contributed by atoms with Crippen molar-refractivity contribution in [3.05, 3.63) is 63.9 Å². The first-order chi connectivity index (χ1) is 13.3. The van der Waals surface area contributed by atoms with Crippen molar-refractivity contribution in [2.45, 2.75) is 27.3 Å². The van der Waals surface area contributed by atoms with Gasteiger partial charge in [0.1, 0.15) is 6.54 Å². The first-order valence-electron chi connectivity index (χ1n) is 8.89. The molecule has 7 nitrogen and oxygen atoms in total. The molecule has 1 aromatic heterocycles. The second-order valence-electron chi connectivity index (χ2n) is 6.74. The van der Waals surface area contributed by atoms with Gasteiger partial charge in [0, 0.05) is 19.7 Å². The number of hydrogen-bond acceptors (Lipinski definition) is 4. The summed E-state index contributed by atoms with van der Waals surface area (Å²) in [5.41, 5.74) is 3.43. The van der Waals surface area contributed by atoms with Gasteiger partial charge in [0.25, 0.3) is 5.56 Å². The summed E-state index contributed by atoms with van der Waals surface area (Å²) in [4.78, 5) is 42.8.